The molecule has 0 fully saturated rings. The van der Waals surface area contributed by atoms with Gasteiger partial charge in [-0.1, -0.05) is 17.7 Å². The highest BCUT2D eigenvalue weighted by Crippen LogP contribution is 2.38. The number of ether oxygens (including phenoxy) is 2. The molecule has 0 unspecified atom stereocenters. The second kappa shape index (κ2) is 8.98. The molecule has 1 aliphatic heterocycles. The first-order valence-electron chi connectivity index (χ1n) is 9.15. The number of H-pyrrole nitrogens is 1. The highest BCUT2D eigenvalue weighted by molar-refractivity contribution is 7.71. The number of amides is 1. The maximum Gasteiger partial charge on any atom is 0.221 e. The van der Waals surface area contributed by atoms with Crippen molar-refractivity contribution in [3.8, 4) is 22.2 Å². The van der Waals surface area contributed by atoms with Crippen molar-refractivity contribution in [2.24, 2.45) is 0 Å². The summed E-state index contributed by atoms with van der Waals surface area (Å²) >= 11 is 13.1. The molecule has 0 bridgehead atoms. The number of nitrogens with zero attached hydrogens (tertiary/aromatic N) is 2. The SMILES string of the molecule is O=C(CCn1c(-c2cccs2)n[nH]c1=S)NCCc1cc(Cl)c2c(c1)OCCO2. The number of hydrogen-bond acceptors (Lipinski definition) is 6. The molecule has 2 N–H and O–H groups in total. The Kier molecular flexibility index (Phi) is 6.17. The Hall–Kier alpha value is -2.36. The summed E-state index contributed by atoms with van der Waals surface area (Å²) in [6, 6.07) is 7.69. The maximum atomic E-state index is 12.3. The average molecular weight is 451 g/mol. The molecule has 0 aliphatic carbocycles. The summed E-state index contributed by atoms with van der Waals surface area (Å²) in [5, 5.41) is 12.5. The fraction of sp³-hybridized carbons (Fsp3) is 0.316. The van der Waals surface area contributed by atoms with Gasteiger partial charge in [-0.25, -0.2) is 0 Å². The Morgan fingerprint density at radius 1 is 1.38 bits per heavy atom. The summed E-state index contributed by atoms with van der Waals surface area (Å²) in [5.74, 6) is 1.95. The molecule has 0 radical (unpaired) electrons. The zero-order valence-electron chi connectivity index (χ0n) is 15.4. The molecule has 29 heavy (non-hydrogen) atoms. The van der Waals surface area contributed by atoms with Crippen molar-refractivity contribution in [2.75, 3.05) is 19.8 Å². The van der Waals surface area contributed by atoms with Gasteiger partial charge in [-0.05, 0) is 47.8 Å². The maximum absolute atomic E-state index is 12.3. The number of hydrogen-bond donors (Lipinski definition) is 2. The van der Waals surface area contributed by atoms with E-state index in [1.165, 1.54) is 0 Å². The zero-order chi connectivity index (χ0) is 20.2. The van der Waals surface area contributed by atoms with Crippen LogP contribution in [-0.4, -0.2) is 40.4 Å². The van der Waals surface area contributed by atoms with Gasteiger partial charge in [-0.2, -0.15) is 5.10 Å². The minimum Gasteiger partial charge on any atom is -0.486 e. The topological polar surface area (TPSA) is 81.2 Å². The molecular formula is C19H19ClN4O3S2. The van der Waals surface area contributed by atoms with Gasteiger partial charge < -0.3 is 14.8 Å². The Morgan fingerprint density at radius 2 is 2.24 bits per heavy atom. The van der Waals surface area contributed by atoms with Crippen molar-refractivity contribution in [3.63, 3.8) is 0 Å². The van der Waals surface area contributed by atoms with Crippen molar-refractivity contribution in [1.29, 1.82) is 0 Å². The van der Waals surface area contributed by atoms with Crippen molar-refractivity contribution >= 4 is 41.1 Å². The first-order chi connectivity index (χ1) is 14.1. The predicted octanol–water partition coefficient (Wildman–Crippen LogP) is 3.84. The van der Waals surface area contributed by atoms with Crippen molar-refractivity contribution in [1.82, 2.24) is 20.1 Å². The Bertz CT molecular complexity index is 1060. The van der Waals surface area contributed by atoms with E-state index in [2.05, 4.69) is 15.5 Å². The van der Waals surface area contributed by atoms with Crippen LogP contribution in [0.15, 0.2) is 29.6 Å². The third-order valence-corrected chi connectivity index (χ3v) is 5.91. The van der Waals surface area contributed by atoms with Crippen LogP contribution in [0.4, 0.5) is 0 Å². The van der Waals surface area contributed by atoms with Gasteiger partial charge in [0.2, 0.25) is 5.91 Å². The number of thiophene rings is 1. The highest BCUT2D eigenvalue weighted by atomic mass is 35.5. The number of carbonyl (C=O) groups is 1. The van der Waals surface area contributed by atoms with Crippen LogP contribution in [-0.2, 0) is 17.8 Å². The molecule has 3 aromatic rings. The number of halogens is 1. The van der Waals surface area contributed by atoms with E-state index in [-0.39, 0.29) is 5.91 Å². The third-order valence-electron chi connectivity index (χ3n) is 4.45. The smallest absolute Gasteiger partial charge is 0.221 e. The molecule has 3 heterocycles. The lowest BCUT2D eigenvalue weighted by Crippen LogP contribution is -2.26. The van der Waals surface area contributed by atoms with E-state index in [1.54, 1.807) is 11.3 Å². The third kappa shape index (κ3) is 4.63. The van der Waals surface area contributed by atoms with Crippen LogP contribution in [0.5, 0.6) is 11.5 Å². The van der Waals surface area contributed by atoms with E-state index < -0.39 is 0 Å². The van der Waals surface area contributed by atoms with Gasteiger partial charge in [-0.15, -0.1) is 11.3 Å². The summed E-state index contributed by atoms with van der Waals surface area (Å²) < 4.78 is 13.5. The number of aromatic amines is 1. The molecule has 0 spiro atoms. The summed E-state index contributed by atoms with van der Waals surface area (Å²) in [5.41, 5.74) is 0.983. The Balaban J connectivity index is 1.30. The van der Waals surface area contributed by atoms with Crippen molar-refractivity contribution in [3.05, 3.63) is 45.0 Å². The monoisotopic (exact) mass is 450 g/mol. The minimum absolute atomic E-state index is 0.0473. The number of fused-ring (bicyclic) bond motifs is 1. The average Bonchev–Trinajstić information content (AvgIpc) is 3.36. The second-order valence-electron chi connectivity index (χ2n) is 6.43. The fourth-order valence-electron chi connectivity index (χ4n) is 3.08. The Morgan fingerprint density at radius 3 is 3.07 bits per heavy atom. The zero-order valence-corrected chi connectivity index (χ0v) is 17.8. The largest absolute Gasteiger partial charge is 0.486 e. The number of benzene rings is 1. The lowest BCUT2D eigenvalue weighted by Gasteiger charge is -2.20. The van der Waals surface area contributed by atoms with E-state index in [0.717, 1.165) is 16.3 Å². The van der Waals surface area contributed by atoms with Crippen LogP contribution >= 0.6 is 35.2 Å². The lowest BCUT2D eigenvalue weighted by molar-refractivity contribution is -0.121. The molecule has 4 rings (SSSR count). The molecule has 1 amide bonds. The van der Waals surface area contributed by atoms with Crippen molar-refractivity contribution < 1.29 is 14.3 Å². The van der Waals surface area contributed by atoms with Gasteiger partial charge >= 0.3 is 0 Å². The van der Waals surface area contributed by atoms with Crippen LogP contribution < -0.4 is 14.8 Å². The van der Waals surface area contributed by atoms with Crippen molar-refractivity contribution in [2.45, 2.75) is 19.4 Å². The number of carbonyl (C=O) groups excluding carboxylic acids is 1. The number of aromatic nitrogens is 3. The van der Waals surface area contributed by atoms with Crippen LogP contribution in [0.3, 0.4) is 0 Å². The van der Waals surface area contributed by atoms with Crippen LogP contribution in [0.2, 0.25) is 5.02 Å². The van der Waals surface area contributed by atoms with Crippen LogP contribution in [0.25, 0.3) is 10.7 Å². The first kappa shape index (κ1) is 19.9. The predicted molar refractivity (Wildman–Crippen MR) is 114 cm³/mol. The van der Waals surface area contributed by atoms with Gasteiger partial charge in [-0.3, -0.25) is 14.5 Å². The molecular weight excluding hydrogens is 432 g/mol. The van der Waals surface area contributed by atoms with Gasteiger partial charge in [0.05, 0.1) is 9.90 Å². The van der Waals surface area contributed by atoms with Crippen LogP contribution in [0.1, 0.15) is 12.0 Å². The normalized spacial score (nSPS) is 12.7. The molecule has 152 valence electrons. The minimum atomic E-state index is -0.0473. The first-order valence-corrected chi connectivity index (χ1v) is 10.8. The molecule has 1 aromatic carbocycles. The molecule has 7 nitrogen and oxygen atoms in total. The van der Waals surface area contributed by atoms with Gasteiger partial charge in [0.15, 0.2) is 22.1 Å². The van der Waals surface area contributed by atoms with E-state index in [9.17, 15) is 4.79 Å². The second-order valence-corrected chi connectivity index (χ2v) is 8.17. The summed E-state index contributed by atoms with van der Waals surface area (Å²) in [6.07, 6.45) is 0.960. The van der Waals surface area contributed by atoms with E-state index >= 15 is 0 Å². The highest BCUT2D eigenvalue weighted by Gasteiger charge is 2.17. The van der Waals surface area contributed by atoms with Gasteiger partial charge in [0, 0.05) is 19.5 Å². The quantitative estimate of drug-likeness (QED) is 0.534. The van der Waals surface area contributed by atoms with E-state index in [0.29, 0.717) is 60.4 Å². The van der Waals surface area contributed by atoms with E-state index in [1.807, 2.05) is 34.2 Å². The summed E-state index contributed by atoms with van der Waals surface area (Å²) in [7, 11) is 0. The lowest BCUT2D eigenvalue weighted by atomic mass is 10.1. The molecule has 0 atom stereocenters. The number of nitrogens with one attached hydrogen (secondary N) is 2. The molecule has 0 saturated carbocycles. The number of rotatable bonds is 7. The molecule has 10 heteroatoms. The molecule has 2 aromatic heterocycles. The summed E-state index contributed by atoms with van der Waals surface area (Å²) in [6.45, 7) is 1.97. The molecule has 1 aliphatic rings. The van der Waals surface area contributed by atoms with Gasteiger partial charge in [0.1, 0.15) is 13.2 Å². The fourth-order valence-corrected chi connectivity index (χ4v) is 4.31. The van der Waals surface area contributed by atoms with Gasteiger partial charge in [0.25, 0.3) is 0 Å². The molecule has 0 saturated heterocycles. The summed E-state index contributed by atoms with van der Waals surface area (Å²) in [4.78, 5) is 13.3. The Labute approximate surface area is 181 Å². The standard InChI is InChI=1S/C19H19ClN4O3S2/c20-13-10-12(11-14-17(13)27-8-7-26-14)3-5-21-16(25)4-6-24-18(22-23-19(24)28)15-2-1-9-29-15/h1-2,9-11H,3-8H2,(H,21,25)(H,23,28). The van der Waals surface area contributed by atoms with E-state index in [4.69, 9.17) is 33.3 Å². The van der Waals surface area contributed by atoms with Crippen LogP contribution in [0, 0.1) is 4.77 Å².